The molecule has 0 aliphatic carbocycles. The summed E-state index contributed by atoms with van der Waals surface area (Å²) in [4.78, 5) is 18.6. The maximum Gasteiger partial charge on any atom is 0.221 e. The number of carbonyl (C=O) groups excluding carboxylic acids is 1. The number of hydrogen-bond donors (Lipinski definition) is 3. The largest absolute Gasteiger partial charge is 0.507 e. The number of imidazole rings is 1. The fraction of sp³-hybridized carbons (Fsp3) is 0.0667. The van der Waals surface area contributed by atoms with Crippen molar-refractivity contribution in [3.8, 4) is 17.1 Å². The molecule has 0 spiro atoms. The summed E-state index contributed by atoms with van der Waals surface area (Å²) in [6.07, 6.45) is 0. The van der Waals surface area contributed by atoms with E-state index in [4.69, 9.17) is 0 Å². The number of phenolic OH excluding ortho intramolecular Hbond substituents is 1. The lowest BCUT2D eigenvalue weighted by atomic mass is 10.1. The number of para-hydroxylation sites is 2. The molecule has 0 aliphatic rings. The molecule has 2 aromatic carbocycles. The molecule has 1 heterocycles. The van der Waals surface area contributed by atoms with Gasteiger partial charge in [-0.25, -0.2) is 4.98 Å². The van der Waals surface area contributed by atoms with E-state index in [1.165, 1.54) is 13.0 Å². The predicted molar refractivity (Wildman–Crippen MR) is 77.5 cm³/mol. The number of H-pyrrole nitrogens is 1. The SMILES string of the molecule is CC(=O)Nc1ccc(-c2nc3ccccc3[nH]2)c(O)c1. The maximum absolute atomic E-state index is 11.0. The van der Waals surface area contributed by atoms with Crippen LogP contribution >= 0.6 is 0 Å². The normalized spacial score (nSPS) is 10.7. The fourth-order valence-electron chi connectivity index (χ4n) is 2.09. The third-order valence-corrected chi connectivity index (χ3v) is 2.96. The minimum atomic E-state index is -0.180. The molecule has 0 saturated carbocycles. The summed E-state index contributed by atoms with van der Waals surface area (Å²) < 4.78 is 0. The number of aromatic nitrogens is 2. The Morgan fingerprint density at radius 2 is 2.05 bits per heavy atom. The summed E-state index contributed by atoms with van der Waals surface area (Å²) in [5.74, 6) is 0.481. The molecule has 100 valence electrons. The molecule has 0 fully saturated rings. The van der Waals surface area contributed by atoms with E-state index in [1.54, 1.807) is 12.1 Å². The Morgan fingerprint density at radius 1 is 1.25 bits per heavy atom. The average molecular weight is 267 g/mol. The van der Waals surface area contributed by atoms with Gasteiger partial charge in [0.15, 0.2) is 0 Å². The highest BCUT2D eigenvalue weighted by Crippen LogP contribution is 2.30. The first-order valence-electron chi connectivity index (χ1n) is 6.19. The van der Waals surface area contributed by atoms with Crippen molar-refractivity contribution >= 4 is 22.6 Å². The van der Waals surface area contributed by atoms with E-state index in [2.05, 4.69) is 15.3 Å². The number of carbonyl (C=O) groups is 1. The summed E-state index contributed by atoms with van der Waals surface area (Å²) in [6.45, 7) is 1.42. The monoisotopic (exact) mass is 267 g/mol. The number of aromatic amines is 1. The van der Waals surface area contributed by atoms with Crippen LogP contribution in [0.3, 0.4) is 0 Å². The van der Waals surface area contributed by atoms with Gasteiger partial charge in [0, 0.05) is 18.7 Å². The van der Waals surface area contributed by atoms with Crippen molar-refractivity contribution in [2.24, 2.45) is 0 Å². The fourth-order valence-corrected chi connectivity index (χ4v) is 2.09. The standard InChI is InChI=1S/C15H13N3O2/c1-9(19)16-10-6-7-11(14(20)8-10)15-17-12-4-2-3-5-13(12)18-15/h2-8,20H,1H3,(H,16,19)(H,17,18). The van der Waals surface area contributed by atoms with Gasteiger partial charge in [0.25, 0.3) is 0 Å². The Kier molecular flexibility index (Phi) is 2.87. The molecule has 0 bridgehead atoms. The number of anilines is 1. The third kappa shape index (κ3) is 2.21. The van der Waals surface area contributed by atoms with Crippen molar-refractivity contribution in [1.82, 2.24) is 9.97 Å². The first-order chi connectivity index (χ1) is 9.63. The van der Waals surface area contributed by atoms with Crippen LogP contribution in [0.4, 0.5) is 5.69 Å². The summed E-state index contributed by atoms with van der Waals surface area (Å²) in [5, 5.41) is 12.7. The Bertz CT molecular complexity index is 760. The van der Waals surface area contributed by atoms with Crippen LogP contribution in [0.5, 0.6) is 5.75 Å². The Morgan fingerprint density at radius 3 is 2.75 bits per heavy atom. The minimum Gasteiger partial charge on any atom is -0.507 e. The topological polar surface area (TPSA) is 78.0 Å². The molecule has 20 heavy (non-hydrogen) atoms. The molecule has 0 saturated heterocycles. The van der Waals surface area contributed by atoms with Crippen LogP contribution in [-0.4, -0.2) is 21.0 Å². The highest BCUT2D eigenvalue weighted by Gasteiger charge is 2.10. The molecular formula is C15H13N3O2. The van der Waals surface area contributed by atoms with Gasteiger partial charge in [-0.3, -0.25) is 4.79 Å². The third-order valence-electron chi connectivity index (χ3n) is 2.96. The van der Waals surface area contributed by atoms with Gasteiger partial charge in [0.1, 0.15) is 11.6 Å². The van der Waals surface area contributed by atoms with Crippen molar-refractivity contribution in [3.63, 3.8) is 0 Å². The first kappa shape index (κ1) is 12.2. The van der Waals surface area contributed by atoms with E-state index in [0.717, 1.165) is 11.0 Å². The molecule has 0 radical (unpaired) electrons. The summed E-state index contributed by atoms with van der Waals surface area (Å²) >= 11 is 0. The first-order valence-corrected chi connectivity index (χ1v) is 6.19. The van der Waals surface area contributed by atoms with E-state index in [1.807, 2.05) is 24.3 Å². The van der Waals surface area contributed by atoms with Crippen LogP contribution in [0.25, 0.3) is 22.4 Å². The average Bonchev–Trinajstić information content (AvgIpc) is 2.81. The Labute approximate surface area is 115 Å². The van der Waals surface area contributed by atoms with Gasteiger partial charge in [0.2, 0.25) is 5.91 Å². The van der Waals surface area contributed by atoms with Crippen LogP contribution in [0.1, 0.15) is 6.92 Å². The quantitative estimate of drug-likeness (QED) is 0.668. The lowest BCUT2D eigenvalue weighted by molar-refractivity contribution is -0.114. The number of benzene rings is 2. The van der Waals surface area contributed by atoms with Crippen LogP contribution < -0.4 is 5.32 Å². The highest BCUT2D eigenvalue weighted by atomic mass is 16.3. The summed E-state index contributed by atoms with van der Waals surface area (Å²) in [7, 11) is 0. The number of phenols is 1. The number of nitrogens with one attached hydrogen (secondary N) is 2. The molecule has 3 aromatic rings. The van der Waals surface area contributed by atoms with Crippen molar-refractivity contribution in [1.29, 1.82) is 0 Å². The molecule has 3 rings (SSSR count). The number of aromatic hydroxyl groups is 1. The van der Waals surface area contributed by atoms with Gasteiger partial charge in [-0.1, -0.05) is 12.1 Å². The number of amides is 1. The number of nitrogens with zero attached hydrogens (tertiary/aromatic N) is 1. The van der Waals surface area contributed by atoms with E-state index in [-0.39, 0.29) is 11.7 Å². The van der Waals surface area contributed by atoms with Gasteiger partial charge in [-0.15, -0.1) is 0 Å². The molecular weight excluding hydrogens is 254 g/mol. The molecule has 0 atom stereocenters. The molecule has 1 aromatic heterocycles. The zero-order valence-corrected chi connectivity index (χ0v) is 10.8. The maximum atomic E-state index is 11.0. The van der Waals surface area contributed by atoms with Crippen molar-refractivity contribution < 1.29 is 9.90 Å². The van der Waals surface area contributed by atoms with Crippen LogP contribution in [0, 0.1) is 0 Å². The number of hydrogen-bond acceptors (Lipinski definition) is 3. The van der Waals surface area contributed by atoms with E-state index < -0.39 is 0 Å². The minimum absolute atomic E-state index is 0.0651. The molecule has 0 aliphatic heterocycles. The van der Waals surface area contributed by atoms with E-state index in [9.17, 15) is 9.90 Å². The number of rotatable bonds is 2. The lowest BCUT2D eigenvalue weighted by Gasteiger charge is -2.05. The smallest absolute Gasteiger partial charge is 0.221 e. The highest BCUT2D eigenvalue weighted by molar-refractivity contribution is 5.89. The Hall–Kier alpha value is -2.82. The second-order valence-corrected chi connectivity index (χ2v) is 4.52. The summed E-state index contributed by atoms with van der Waals surface area (Å²) in [5.41, 5.74) is 2.89. The van der Waals surface area contributed by atoms with Crippen LogP contribution in [0.15, 0.2) is 42.5 Å². The van der Waals surface area contributed by atoms with E-state index in [0.29, 0.717) is 17.1 Å². The molecule has 5 nitrogen and oxygen atoms in total. The zero-order chi connectivity index (χ0) is 14.1. The van der Waals surface area contributed by atoms with Gasteiger partial charge in [-0.05, 0) is 24.3 Å². The van der Waals surface area contributed by atoms with Crippen molar-refractivity contribution in [2.45, 2.75) is 6.92 Å². The van der Waals surface area contributed by atoms with Gasteiger partial charge in [-0.2, -0.15) is 0 Å². The second-order valence-electron chi connectivity index (χ2n) is 4.52. The van der Waals surface area contributed by atoms with Gasteiger partial charge < -0.3 is 15.4 Å². The van der Waals surface area contributed by atoms with Crippen LogP contribution in [-0.2, 0) is 4.79 Å². The van der Waals surface area contributed by atoms with Crippen molar-refractivity contribution in [2.75, 3.05) is 5.32 Å². The predicted octanol–water partition coefficient (Wildman–Crippen LogP) is 2.89. The van der Waals surface area contributed by atoms with Crippen LogP contribution in [0.2, 0.25) is 0 Å². The Balaban J connectivity index is 2.03. The van der Waals surface area contributed by atoms with Crippen molar-refractivity contribution in [3.05, 3.63) is 42.5 Å². The van der Waals surface area contributed by atoms with E-state index >= 15 is 0 Å². The molecule has 3 N–H and O–H groups in total. The summed E-state index contributed by atoms with van der Waals surface area (Å²) in [6, 6.07) is 12.6. The lowest BCUT2D eigenvalue weighted by Crippen LogP contribution is -2.05. The van der Waals surface area contributed by atoms with Gasteiger partial charge in [0.05, 0.1) is 16.6 Å². The molecule has 1 amide bonds. The van der Waals surface area contributed by atoms with Gasteiger partial charge >= 0.3 is 0 Å². The molecule has 5 heteroatoms. The number of fused-ring (bicyclic) bond motifs is 1. The molecule has 0 unspecified atom stereocenters. The second kappa shape index (κ2) is 4.70. The zero-order valence-electron chi connectivity index (χ0n) is 10.8.